The van der Waals surface area contributed by atoms with Crippen molar-refractivity contribution in [3.8, 4) is 0 Å². The number of thiocarbonyl (C=S) groups is 1. The van der Waals surface area contributed by atoms with Crippen molar-refractivity contribution >= 4 is 22.9 Å². The lowest BCUT2D eigenvalue weighted by Gasteiger charge is -2.05. The van der Waals surface area contributed by atoms with Crippen LogP contribution >= 0.6 is 12.2 Å². The Morgan fingerprint density at radius 2 is 2.28 bits per heavy atom. The van der Waals surface area contributed by atoms with Gasteiger partial charge in [0.05, 0.1) is 23.8 Å². The number of hydrogen-bond acceptors (Lipinski definition) is 4. The van der Waals surface area contributed by atoms with Gasteiger partial charge in [-0.25, -0.2) is 0 Å². The molecule has 0 aromatic carbocycles. The number of nitrogens with one attached hydrogen (secondary N) is 1. The van der Waals surface area contributed by atoms with Gasteiger partial charge in [-0.1, -0.05) is 12.2 Å². The summed E-state index contributed by atoms with van der Waals surface area (Å²) in [5, 5.41) is 7.41. The van der Waals surface area contributed by atoms with E-state index < -0.39 is 0 Å². The van der Waals surface area contributed by atoms with E-state index in [1.807, 2.05) is 31.6 Å². The first-order valence-electron chi connectivity index (χ1n) is 5.62. The van der Waals surface area contributed by atoms with E-state index >= 15 is 0 Å². The molecule has 0 fully saturated rings. The van der Waals surface area contributed by atoms with Gasteiger partial charge in [-0.3, -0.25) is 9.67 Å². The van der Waals surface area contributed by atoms with Crippen molar-refractivity contribution in [2.24, 2.45) is 12.8 Å². The van der Waals surface area contributed by atoms with Crippen LogP contribution in [0, 0.1) is 0 Å². The fourth-order valence-corrected chi connectivity index (χ4v) is 1.72. The van der Waals surface area contributed by atoms with Crippen molar-refractivity contribution in [2.45, 2.75) is 6.42 Å². The van der Waals surface area contributed by atoms with Gasteiger partial charge in [0.2, 0.25) is 0 Å². The van der Waals surface area contributed by atoms with Gasteiger partial charge < -0.3 is 11.1 Å². The summed E-state index contributed by atoms with van der Waals surface area (Å²) in [5.74, 6) is 0. The molecule has 0 aliphatic rings. The molecule has 0 saturated carbocycles. The number of rotatable bonds is 5. The Bertz CT molecular complexity index is 532. The topological polar surface area (TPSA) is 68.8 Å². The summed E-state index contributed by atoms with van der Waals surface area (Å²) < 4.78 is 1.80. The second-order valence-corrected chi connectivity index (χ2v) is 4.44. The van der Waals surface area contributed by atoms with E-state index in [1.54, 1.807) is 10.9 Å². The van der Waals surface area contributed by atoms with Crippen LogP contribution in [-0.4, -0.2) is 26.3 Å². The number of aryl methyl sites for hydroxylation is 1. The minimum atomic E-state index is 0.317. The molecule has 0 aliphatic carbocycles. The summed E-state index contributed by atoms with van der Waals surface area (Å²) in [5.41, 5.74) is 8.29. The minimum absolute atomic E-state index is 0.317. The summed E-state index contributed by atoms with van der Waals surface area (Å²) in [6, 6.07) is 3.74. The van der Waals surface area contributed by atoms with E-state index in [0.29, 0.717) is 10.7 Å². The average Bonchev–Trinajstić information content (AvgIpc) is 2.76. The highest BCUT2D eigenvalue weighted by atomic mass is 32.1. The van der Waals surface area contributed by atoms with Gasteiger partial charge >= 0.3 is 0 Å². The van der Waals surface area contributed by atoms with Crippen LogP contribution in [-0.2, 0) is 13.5 Å². The predicted octanol–water partition coefficient (Wildman–Crippen LogP) is 1.10. The monoisotopic (exact) mass is 261 g/mol. The smallest absolute Gasteiger partial charge is 0.122 e. The van der Waals surface area contributed by atoms with Crippen molar-refractivity contribution in [3.63, 3.8) is 0 Å². The lowest BCUT2D eigenvalue weighted by molar-refractivity contribution is 0.767. The Labute approximate surface area is 111 Å². The van der Waals surface area contributed by atoms with E-state index in [0.717, 1.165) is 18.7 Å². The van der Waals surface area contributed by atoms with Crippen LogP contribution < -0.4 is 11.1 Å². The van der Waals surface area contributed by atoms with E-state index in [2.05, 4.69) is 15.4 Å². The third-order valence-corrected chi connectivity index (χ3v) is 2.73. The van der Waals surface area contributed by atoms with Gasteiger partial charge in [0.25, 0.3) is 0 Å². The molecule has 0 amide bonds. The molecule has 0 atom stereocenters. The maximum atomic E-state index is 5.48. The average molecular weight is 261 g/mol. The van der Waals surface area contributed by atoms with Crippen molar-refractivity contribution in [1.29, 1.82) is 0 Å². The molecule has 6 heteroatoms. The number of anilines is 1. The fourth-order valence-electron chi connectivity index (χ4n) is 1.60. The molecule has 18 heavy (non-hydrogen) atoms. The van der Waals surface area contributed by atoms with Crippen molar-refractivity contribution in [1.82, 2.24) is 14.8 Å². The van der Waals surface area contributed by atoms with E-state index in [1.165, 1.54) is 5.56 Å². The molecule has 0 saturated heterocycles. The molecule has 0 bridgehead atoms. The molecule has 2 rings (SSSR count). The minimum Gasteiger partial charge on any atom is -0.388 e. The van der Waals surface area contributed by atoms with Gasteiger partial charge in [0, 0.05) is 19.8 Å². The first-order chi connectivity index (χ1) is 8.65. The van der Waals surface area contributed by atoms with Gasteiger partial charge in [0.1, 0.15) is 4.99 Å². The fraction of sp³-hybridized carbons (Fsp3) is 0.250. The van der Waals surface area contributed by atoms with Crippen LogP contribution in [0.5, 0.6) is 0 Å². The number of nitrogens with zero attached hydrogens (tertiary/aromatic N) is 3. The van der Waals surface area contributed by atoms with Gasteiger partial charge in [-0.05, 0) is 24.1 Å². The number of hydrogen-bond donors (Lipinski definition) is 2. The summed E-state index contributed by atoms with van der Waals surface area (Å²) >= 11 is 4.84. The molecule has 0 radical (unpaired) electrons. The SMILES string of the molecule is Cn1cc(CCNc2ccc(C(N)=S)nc2)cn1. The Hall–Kier alpha value is -1.95. The van der Waals surface area contributed by atoms with E-state index in [9.17, 15) is 0 Å². The van der Waals surface area contributed by atoms with Gasteiger partial charge in [0.15, 0.2) is 0 Å². The largest absolute Gasteiger partial charge is 0.388 e. The third-order valence-electron chi connectivity index (χ3n) is 2.52. The first kappa shape index (κ1) is 12.5. The highest BCUT2D eigenvalue weighted by Crippen LogP contribution is 2.06. The van der Waals surface area contributed by atoms with Crippen molar-refractivity contribution in [3.05, 3.63) is 42.0 Å². The van der Waals surface area contributed by atoms with Crippen molar-refractivity contribution < 1.29 is 0 Å². The molecule has 5 nitrogen and oxygen atoms in total. The highest BCUT2D eigenvalue weighted by Gasteiger charge is 1.99. The van der Waals surface area contributed by atoms with Gasteiger partial charge in [-0.15, -0.1) is 0 Å². The predicted molar refractivity (Wildman–Crippen MR) is 75.5 cm³/mol. The molecule has 2 aromatic heterocycles. The van der Waals surface area contributed by atoms with Crippen LogP contribution in [0.15, 0.2) is 30.7 Å². The summed E-state index contributed by atoms with van der Waals surface area (Å²) in [6.07, 6.45) is 6.54. The number of pyridine rings is 1. The van der Waals surface area contributed by atoms with Crippen LogP contribution in [0.25, 0.3) is 0 Å². The second-order valence-electron chi connectivity index (χ2n) is 4.00. The lowest BCUT2D eigenvalue weighted by atomic mass is 10.2. The zero-order chi connectivity index (χ0) is 13.0. The highest BCUT2D eigenvalue weighted by molar-refractivity contribution is 7.80. The molecular weight excluding hydrogens is 246 g/mol. The van der Waals surface area contributed by atoms with Crippen LogP contribution in [0.1, 0.15) is 11.3 Å². The standard InChI is InChI=1S/C12H15N5S/c1-17-8-9(6-16-17)4-5-14-10-2-3-11(12(13)18)15-7-10/h2-3,6-8,14H,4-5H2,1H3,(H2,13,18). The molecule has 0 unspecified atom stereocenters. The summed E-state index contributed by atoms with van der Waals surface area (Å²) in [6.45, 7) is 0.833. The normalized spacial score (nSPS) is 10.3. The molecule has 3 N–H and O–H groups in total. The first-order valence-corrected chi connectivity index (χ1v) is 6.03. The molecule has 2 aromatic rings. The van der Waals surface area contributed by atoms with Crippen molar-refractivity contribution in [2.75, 3.05) is 11.9 Å². The Balaban J connectivity index is 1.85. The lowest BCUT2D eigenvalue weighted by Crippen LogP contribution is -2.12. The Morgan fingerprint density at radius 3 is 2.83 bits per heavy atom. The number of aromatic nitrogens is 3. The van der Waals surface area contributed by atoms with Crippen LogP contribution in [0.2, 0.25) is 0 Å². The second kappa shape index (κ2) is 5.59. The number of nitrogens with two attached hydrogens (primary N) is 1. The molecular formula is C12H15N5S. The Morgan fingerprint density at radius 1 is 1.44 bits per heavy atom. The third kappa shape index (κ3) is 3.27. The zero-order valence-electron chi connectivity index (χ0n) is 10.1. The Kier molecular flexibility index (Phi) is 3.88. The maximum absolute atomic E-state index is 5.48. The zero-order valence-corrected chi connectivity index (χ0v) is 10.9. The quantitative estimate of drug-likeness (QED) is 0.789. The summed E-state index contributed by atoms with van der Waals surface area (Å²) in [7, 11) is 1.91. The molecule has 0 aliphatic heterocycles. The molecule has 94 valence electrons. The van der Waals surface area contributed by atoms with Gasteiger partial charge in [-0.2, -0.15) is 5.10 Å². The van der Waals surface area contributed by atoms with Crippen LogP contribution in [0.4, 0.5) is 5.69 Å². The maximum Gasteiger partial charge on any atom is 0.122 e. The molecule has 2 heterocycles. The van der Waals surface area contributed by atoms with E-state index in [4.69, 9.17) is 18.0 Å². The molecule has 0 spiro atoms. The summed E-state index contributed by atoms with van der Waals surface area (Å²) in [4.78, 5) is 4.48. The van der Waals surface area contributed by atoms with E-state index in [-0.39, 0.29) is 0 Å². The van der Waals surface area contributed by atoms with Crippen LogP contribution in [0.3, 0.4) is 0 Å².